The van der Waals surface area contributed by atoms with Crippen molar-refractivity contribution in [3.8, 4) is 0 Å². The Labute approximate surface area is 92.8 Å². The Bertz CT molecular complexity index is 393. The smallest absolute Gasteiger partial charge is 0.120 e. The average Bonchev–Trinajstić information content (AvgIpc) is 2.88. The molecule has 5 heteroatoms. The number of hydrogen-bond acceptors (Lipinski definition) is 4. The average molecular weight is 222 g/mol. The zero-order valence-electron chi connectivity index (χ0n) is 8.66. The van der Waals surface area contributed by atoms with Crippen LogP contribution in [0.3, 0.4) is 0 Å². The van der Waals surface area contributed by atoms with E-state index in [1.165, 1.54) is 4.88 Å². The summed E-state index contributed by atoms with van der Waals surface area (Å²) in [5.41, 5.74) is 0. The number of imidazole rings is 1. The minimum atomic E-state index is 0.758. The van der Waals surface area contributed by atoms with Gasteiger partial charge in [0.05, 0.1) is 6.54 Å². The van der Waals surface area contributed by atoms with Gasteiger partial charge in [0.25, 0.3) is 0 Å². The van der Waals surface area contributed by atoms with Gasteiger partial charge in [-0.2, -0.15) is 0 Å². The molecule has 2 heterocycles. The van der Waals surface area contributed by atoms with Crippen LogP contribution in [0.15, 0.2) is 18.6 Å². The molecule has 2 aromatic heterocycles. The topological polar surface area (TPSA) is 53.6 Å². The summed E-state index contributed by atoms with van der Waals surface area (Å²) in [4.78, 5) is 12.9. The van der Waals surface area contributed by atoms with Gasteiger partial charge in [-0.15, -0.1) is 11.3 Å². The fourth-order valence-electron chi connectivity index (χ4n) is 1.28. The molecule has 0 aliphatic carbocycles. The number of hydrogen-bond donors (Lipinski definition) is 2. The molecule has 2 aromatic rings. The van der Waals surface area contributed by atoms with Crippen LogP contribution in [0.5, 0.6) is 0 Å². The first-order valence-corrected chi connectivity index (χ1v) is 5.82. The van der Waals surface area contributed by atoms with Crippen molar-refractivity contribution in [2.45, 2.75) is 26.4 Å². The van der Waals surface area contributed by atoms with Crippen LogP contribution in [0, 0.1) is 0 Å². The second-order valence-corrected chi connectivity index (χ2v) is 4.41. The Hall–Kier alpha value is -1.20. The van der Waals surface area contributed by atoms with Gasteiger partial charge in [-0.05, 0) is 6.42 Å². The van der Waals surface area contributed by atoms with Crippen molar-refractivity contribution in [2.75, 3.05) is 0 Å². The van der Waals surface area contributed by atoms with Crippen LogP contribution in [0.2, 0.25) is 0 Å². The molecule has 0 aliphatic rings. The van der Waals surface area contributed by atoms with Crippen LogP contribution >= 0.6 is 11.3 Å². The Morgan fingerprint density at radius 1 is 1.40 bits per heavy atom. The number of nitrogens with one attached hydrogen (secondary N) is 2. The van der Waals surface area contributed by atoms with E-state index in [1.807, 2.05) is 12.4 Å². The Balaban J connectivity index is 1.78. The number of nitrogens with zero attached hydrogens (tertiary/aromatic N) is 2. The number of aromatic amines is 1. The van der Waals surface area contributed by atoms with Crippen molar-refractivity contribution >= 4 is 11.3 Å². The fourth-order valence-corrected chi connectivity index (χ4v) is 2.11. The molecular weight excluding hydrogens is 208 g/mol. The molecule has 0 saturated heterocycles. The molecule has 4 nitrogen and oxygen atoms in total. The van der Waals surface area contributed by atoms with Gasteiger partial charge >= 0.3 is 0 Å². The first-order chi connectivity index (χ1) is 7.38. The van der Waals surface area contributed by atoms with Gasteiger partial charge in [-0.1, -0.05) is 6.92 Å². The zero-order chi connectivity index (χ0) is 10.5. The normalized spacial score (nSPS) is 10.7. The quantitative estimate of drug-likeness (QED) is 0.810. The van der Waals surface area contributed by atoms with Crippen LogP contribution in [-0.4, -0.2) is 15.0 Å². The van der Waals surface area contributed by atoms with E-state index in [2.05, 4.69) is 27.2 Å². The van der Waals surface area contributed by atoms with Crippen LogP contribution in [0.25, 0.3) is 0 Å². The van der Waals surface area contributed by atoms with E-state index in [0.717, 1.165) is 30.3 Å². The monoisotopic (exact) mass is 222 g/mol. The summed E-state index contributed by atoms with van der Waals surface area (Å²) in [5, 5.41) is 4.43. The second-order valence-electron chi connectivity index (χ2n) is 3.21. The maximum Gasteiger partial charge on any atom is 0.120 e. The summed E-state index contributed by atoms with van der Waals surface area (Å²) >= 11 is 1.77. The highest BCUT2D eigenvalue weighted by Crippen LogP contribution is 2.12. The number of thiazole rings is 1. The third kappa shape index (κ3) is 2.87. The highest BCUT2D eigenvalue weighted by molar-refractivity contribution is 7.11. The SMILES string of the molecule is CCc1cnc(CNCc2ncc[nH]2)s1. The highest BCUT2D eigenvalue weighted by atomic mass is 32.1. The summed E-state index contributed by atoms with van der Waals surface area (Å²) < 4.78 is 0. The van der Waals surface area contributed by atoms with Gasteiger partial charge in [0, 0.05) is 30.0 Å². The van der Waals surface area contributed by atoms with Crippen LogP contribution in [0.1, 0.15) is 22.6 Å². The van der Waals surface area contributed by atoms with E-state index in [1.54, 1.807) is 17.5 Å². The Morgan fingerprint density at radius 3 is 3.00 bits per heavy atom. The van der Waals surface area contributed by atoms with E-state index >= 15 is 0 Å². The molecule has 0 spiro atoms. The van der Waals surface area contributed by atoms with Crippen molar-refractivity contribution in [1.82, 2.24) is 20.3 Å². The van der Waals surface area contributed by atoms with Gasteiger partial charge < -0.3 is 10.3 Å². The molecule has 0 atom stereocenters. The number of H-pyrrole nitrogens is 1. The summed E-state index contributed by atoms with van der Waals surface area (Å²) in [5.74, 6) is 0.960. The summed E-state index contributed by atoms with van der Waals surface area (Å²) in [6.07, 6.45) is 6.61. The Kier molecular flexibility index (Phi) is 3.47. The minimum Gasteiger partial charge on any atom is -0.348 e. The molecule has 15 heavy (non-hydrogen) atoms. The first kappa shape index (κ1) is 10.3. The second kappa shape index (κ2) is 5.04. The van der Waals surface area contributed by atoms with Crippen molar-refractivity contribution < 1.29 is 0 Å². The maximum absolute atomic E-state index is 4.33. The predicted octanol–water partition coefficient (Wildman–Crippen LogP) is 1.72. The Morgan fingerprint density at radius 2 is 2.33 bits per heavy atom. The molecule has 0 aromatic carbocycles. The highest BCUT2D eigenvalue weighted by Gasteiger charge is 2.00. The lowest BCUT2D eigenvalue weighted by molar-refractivity contribution is 0.666. The van der Waals surface area contributed by atoms with E-state index < -0.39 is 0 Å². The van der Waals surface area contributed by atoms with Gasteiger partial charge in [-0.3, -0.25) is 0 Å². The molecule has 2 N–H and O–H groups in total. The van der Waals surface area contributed by atoms with Crippen molar-refractivity contribution in [2.24, 2.45) is 0 Å². The zero-order valence-corrected chi connectivity index (χ0v) is 9.47. The first-order valence-electron chi connectivity index (χ1n) is 5.01. The largest absolute Gasteiger partial charge is 0.348 e. The third-order valence-corrected chi connectivity index (χ3v) is 3.22. The van der Waals surface area contributed by atoms with E-state index in [9.17, 15) is 0 Å². The molecule has 0 saturated carbocycles. The summed E-state index contributed by atoms with van der Waals surface area (Å²) in [7, 11) is 0. The molecule has 0 aliphatic heterocycles. The molecule has 0 radical (unpaired) electrons. The number of aryl methyl sites for hydroxylation is 1. The van der Waals surface area contributed by atoms with E-state index in [-0.39, 0.29) is 0 Å². The summed E-state index contributed by atoms with van der Waals surface area (Å²) in [6.45, 7) is 3.72. The van der Waals surface area contributed by atoms with Gasteiger partial charge in [0.15, 0.2) is 0 Å². The molecule has 0 unspecified atom stereocenters. The van der Waals surface area contributed by atoms with E-state index in [0.29, 0.717) is 0 Å². The molecule has 0 amide bonds. The maximum atomic E-state index is 4.33. The lowest BCUT2D eigenvalue weighted by Crippen LogP contribution is -2.13. The van der Waals surface area contributed by atoms with Crippen LogP contribution in [0.4, 0.5) is 0 Å². The molecule has 0 bridgehead atoms. The number of rotatable bonds is 5. The van der Waals surface area contributed by atoms with Crippen molar-refractivity contribution in [1.29, 1.82) is 0 Å². The van der Waals surface area contributed by atoms with Crippen molar-refractivity contribution in [3.05, 3.63) is 34.3 Å². The van der Waals surface area contributed by atoms with Crippen LogP contribution < -0.4 is 5.32 Å². The third-order valence-electron chi connectivity index (χ3n) is 2.07. The van der Waals surface area contributed by atoms with Gasteiger partial charge in [0.1, 0.15) is 10.8 Å². The number of aromatic nitrogens is 3. The molecule has 80 valence electrons. The predicted molar refractivity (Wildman–Crippen MR) is 60.6 cm³/mol. The lowest BCUT2D eigenvalue weighted by Gasteiger charge is -1.98. The standard InChI is InChI=1S/C10H14N4S/c1-2-8-5-14-10(15-8)7-11-6-9-12-3-4-13-9/h3-5,11H,2,6-7H2,1H3,(H,12,13). The molecular formula is C10H14N4S. The van der Waals surface area contributed by atoms with Gasteiger partial charge in [-0.25, -0.2) is 9.97 Å². The minimum absolute atomic E-state index is 0.758. The van der Waals surface area contributed by atoms with Crippen molar-refractivity contribution in [3.63, 3.8) is 0 Å². The molecule has 2 rings (SSSR count). The summed E-state index contributed by atoms with van der Waals surface area (Å²) in [6, 6.07) is 0. The van der Waals surface area contributed by atoms with Crippen LogP contribution in [-0.2, 0) is 19.5 Å². The van der Waals surface area contributed by atoms with E-state index in [4.69, 9.17) is 0 Å². The lowest BCUT2D eigenvalue weighted by atomic mass is 10.4. The fraction of sp³-hybridized carbons (Fsp3) is 0.400. The van der Waals surface area contributed by atoms with Gasteiger partial charge in [0.2, 0.25) is 0 Å². The molecule has 0 fully saturated rings.